The van der Waals surface area contributed by atoms with Crippen molar-refractivity contribution in [3.05, 3.63) is 11.5 Å². The van der Waals surface area contributed by atoms with Gasteiger partial charge in [-0.2, -0.15) is 0 Å². The molecule has 1 unspecified atom stereocenters. The predicted octanol–water partition coefficient (Wildman–Crippen LogP) is 1.98. The average Bonchev–Trinajstić information content (AvgIpc) is 2.30. The summed E-state index contributed by atoms with van der Waals surface area (Å²) in [5.74, 6) is 1.13. The fourth-order valence-corrected chi connectivity index (χ4v) is 1.24. The predicted molar refractivity (Wildman–Crippen MR) is 41.3 cm³/mol. The molecule has 2 heteroatoms. The molecule has 1 rings (SSSR count). The monoisotopic (exact) mass is 141 g/mol. The standard InChI is InChI=1S/C8H15NO/c1-4-7-8(5-2)10-6(3)9-7/h6,9H,4-5H2,1-3H3. The zero-order valence-electron chi connectivity index (χ0n) is 6.90. The Bertz CT molecular complexity index is 135. The van der Waals surface area contributed by atoms with Crippen molar-refractivity contribution in [1.29, 1.82) is 0 Å². The summed E-state index contributed by atoms with van der Waals surface area (Å²) in [7, 11) is 0. The number of rotatable bonds is 2. The highest BCUT2D eigenvalue weighted by molar-refractivity contribution is 5.10. The molecule has 0 amide bonds. The molecule has 1 N–H and O–H groups in total. The van der Waals surface area contributed by atoms with Crippen LogP contribution in [0, 0.1) is 0 Å². The molecule has 0 aromatic carbocycles. The highest BCUT2D eigenvalue weighted by Gasteiger charge is 2.17. The van der Waals surface area contributed by atoms with E-state index < -0.39 is 0 Å². The summed E-state index contributed by atoms with van der Waals surface area (Å²) >= 11 is 0. The third-order valence-corrected chi connectivity index (χ3v) is 1.71. The van der Waals surface area contributed by atoms with Crippen molar-refractivity contribution in [3.63, 3.8) is 0 Å². The normalized spacial score (nSPS) is 24.5. The second-order valence-electron chi connectivity index (χ2n) is 2.51. The van der Waals surface area contributed by atoms with E-state index in [0.717, 1.165) is 18.6 Å². The van der Waals surface area contributed by atoms with E-state index >= 15 is 0 Å². The van der Waals surface area contributed by atoms with Crippen LogP contribution in [0.15, 0.2) is 11.5 Å². The first-order chi connectivity index (χ1) is 4.77. The van der Waals surface area contributed by atoms with Crippen molar-refractivity contribution in [2.45, 2.75) is 39.8 Å². The lowest BCUT2D eigenvalue weighted by Crippen LogP contribution is -2.19. The molecule has 0 fully saturated rings. The molecule has 1 aliphatic rings. The van der Waals surface area contributed by atoms with Crippen LogP contribution in [0.4, 0.5) is 0 Å². The Morgan fingerprint density at radius 1 is 1.40 bits per heavy atom. The topological polar surface area (TPSA) is 21.3 Å². The van der Waals surface area contributed by atoms with Crippen molar-refractivity contribution < 1.29 is 4.74 Å². The molecular formula is C8H15NO. The zero-order chi connectivity index (χ0) is 7.56. The Kier molecular flexibility index (Phi) is 2.20. The maximum absolute atomic E-state index is 5.48. The Balaban J connectivity index is 2.61. The van der Waals surface area contributed by atoms with E-state index in [2.05, 4.69) is 19.2 Å². The van der Waals surface area contributed by atoms with Crippen molar-refractivity contribution in [2.75, 3.05) is 0 Å². The summed E-state index contributed by atoms with van der Waals surface area (Å²) in [6, 6.07) is 0. The van der Waals surface area contributed by atoms with Crippen LogP contribution in [-0.4, -0.2) is 6.23 Å². The van der Waals surface area contributed by atoms with Gasteiger partial charge in [0.15, 0.2) is 6.23 Å². The van der Waals surface area contributed by atoms with Crippen LogP contribution in [0.1, 0.15) is 33.6 Å². The second kappa shape index (κ2) is 2.95. The maximum atomic E-state index is 5.48. The lowest BCUT2D eigenvalue weighted by molar-refractivity contribution is 0.139. The quantitative estimate of drug-likeness (QED) is 0.635. The van der Waals surface area contributed by atoms with Gasteiger partial charge >= 0.3 is 0 Å². The molecule has 0 radical (unpaired) electrons. The fraction of sp³-hybridized carbons (Fsp3) is 0.750. The summed E-state index contributed by atoms with van der Waals surface area (Å²) in [4.78, 5) is 0. The smallest absolute Gasteiger partial charge is 0.166 e. The molecule has 2 nitrogen and oxygen atoms in total. The van der Waals surface area contributed by atoms with E-state index in [-0.39, 0.29) is 6.23 Å². The zero-order valence-corrected chi connectivity index (χ0v) is 6.90. The van der Waals surface area contributed by atoms with Gasteiger partial charge in [0, 0.05) is 6.42 Å². The van der Waals surface area contributed by atoms with Gasteiger partial charge in [0.1, 0.15) is 5.76 Å². The van der Waals surface area contributed by atoms with E-state index in [1.807, 2.05) is 6.92 Å². The molecule has 0 aromatic heterocycles. The van der Waals surface area contributed by atoms with E-state index in [9.17, 15) is 0 Å². The van der Waals surface area contributed by atoms with Gasteiger partial charge in [0.2, 0.25) is 0 Å². The summed E-state index contributed by atoms with van der Waals surface area (Å²) in [6.07, 6.45) is 2.23. The van der Waals surface area contributed by atoms with Gasteiger partial charge in [0.25, 0.3) is 0 Å². The minimum Gasteiger partial charge on any atom is -0.474 e. The molecule has 58 valence electrons. The first-order valence-electron chi connectivity index (χ1n) is 3.93. The van der Waals surface area contributed by atoms with Crippen LogP contribution < -0.4 is 5.32 Å². The summed E-state index contributed by atoms with van der Waals surface area (Å²) in [5.41, 5.74) is 1.27. The summed E-state index contributed by atoms with van der Waals surface area (Å²) in [5, 5.41) is 3.26. The van der Waals surface area contributed by atoms with E-state index in [0.29, 0.717) is 0 Å². The van der Waals surface area contributed by atoms with Crippen LogP contribution in [0.25, 0.3) is 0 Å². The number of nitrogens with one attached hydrogen (secondary N) is 1. The van der Waals surface area contributed by atoms with Gasteiger partial charge in [-0.25, -0.2) is 0 Å². The Morgan fingerprint density at radius 3 is 2.50 bits per heavy atom. The van der Waals surface area contributed by atoms with Gasteiger partial charge in [-0.05, 0) is 13.3 Å². The van der Waals surface area contributed by atoms with Crippen molar-refractivity contribution >= 4 is 0 Å². The highest BCUT2D eigenvalue weighted by Crippen LogP contribution is 2.19. The van der Waals surface area contributed by atoms with Crippen LogP contribution in [0.3, 0.4) is 0 Å². The Morgan fingerprint density at radius 2 is 2.10 bits per heavy atom. The van der Waals surface area contributed by atoms with Crippen LogP contribution in [0.2, 0.25) is 0 Å². The lowest BCUT2D eigenvalue weighted by Gasteiger charge is -2.04. The first kappa shape index (κ1) is 7.45. The second-order valence-corrected chi connectivity index (χ2v) is 2.51. The average molecular weight is 141 g/mol. The summed E-state index contributed by atoms with van der Waals surface area (Å²) < 4.78 is 5.48. The lowest BCUT2D eigenvalue weighted by atomic mass is 10.2. The number of hydrogen-bond donors (Lipinski definition) is 1. The molecule has 1 atom stereocenters. The summed E-state index contributed by atoms with van der Waals surface area (Å²) in [6.45, 7) is 6.28. The third-order valence-electron chi connectivity index (χ3n) is 1.71. The molecule has 1 aliphatic heterocycles. The minimum absolute atomic E-state index is 0.185. The van der Waals surface area contributed by atoms with Crippen LogP contribution in [-0.2, 0) is 4.74 Å². The third kappa shape index (κ3) is 1.25. The van der Waals surface area contributed by atoms with Gasteiger partial charge < -0.3 is 10.1 Å². The fourth-order valence-electron chi connectivity index (χ4n) is 1.24. The number of ether oxygens (including phenoxy) is 1. The molecule has 1 heterocycles. The van der Waals surface area contributed by atoms with Gasteiger partial charge in [-0.15, -0.1) is 0 Å². The Hall–Kier alpha value is -0.660. The van der Waals surface area contributed by atoms with Crippen molar-refractivity contribution in [3.8, 4) is 0 Å². The molecule has 0 spiro atoms. The molecule has 10 heavy (non-hydrogen) atoms. The highest BCUT2D eigenvalue weighted by atomic mass is 16.5. The van der Waals surface area contributed by atoms with Crippen LogP contribution in [0.5, 0.6) is 0 Å². The molecule has 0 saturated carbocycles. The molecular weight excluding hydrogens is 126 g/mol. The van der Waals surface area contributed by atoms with Crippen molar-refractivity contribution in [2.24, 2.45) is 0 Å². The minimum atomic E-state index is 0.185. The van der Waals surface area contributed by atoms with E-state index in [1.165, 1.54) is 5.70 Å². The van der Waals surface area contributed by atoms with Gasteiger partial charge in [0.05, 0.1) is 5.70 Å². The van der Waals surface area contributed by atoms with E-state index in [1.54, 1.807) is 0 Å². The van der Waals surface area contributed by atoms with Gasteiger partial charge in [-0.1, -0.05) is 13.8 Å². The number of allylic oxidation sites excluding steroid dienone is 2. The molecule has 0 aromatic rings. The van der Waals surface area contributed by atoms with Gasteiger partial charge in [-0.3, -0.25) is 0 Å². The molecule has 0 saturated heterocycles. The largest absolute Gasteiger partial charge is 0.474 e. The maximum Gasteiger partial charge on any atom is 0.166 e. The molecule has 0 bridgehead atoms. The van der Waals surface area contributed by atoms with E-state index in [4.69, 9.17) is 4.74 Å². The first-order valence-corrected chi connectivity index (χ1v) is 3.93. The van der Waals surface area contributed by atoms with Crippen LogP contribution >= 0.6 is 0 Å². The molecule has 0 aliphatic carbocycles. The Labute approximate surface area is 62.3 Å². The van der Waals surface area contributed by atoms with Crippen molar-refractivity contribution in [1.82, 2.24) is 5.32 Å². The number of hydrogen-bond acceptors (Lipinski definition) is 2. The SMILES string of the molecule is CCC1=C(CC)OC(C)N1.